The molecule has 104 valence electrons. The van der Waals surface area contributed by atoms with Gasteiger partial charge in [-0.2, -0.15) is 8.42 Å². The van der Waals surface area contributed by atoms with Crippen LogP contribution in [0.3, 0.4) is 0 Å². The second kappa shape index (κ2) is 4.82. The van der Waals surface area contributed by atoms with Crippen LogP contribution < -0.4 is 14.9 Å². The van der Waals surface area contributed by atoms with Gasteiger partial charge in [-0.25, -0.2) is 4.79 Å². The second-order valence-corrected chi connectivity index (χ2v) is 5.16. The van der Waals surface area contributed by atoms with Crippen molar-refractivity contribution >= 4 is 27.1 Å². The largest absolute Gasteiger partial charge is 0.545 e. The summed E-state index contributed by atoms with van der Waals surface area (Å²) in [4.78, 5) is 22.0. The van der Waals surface area contributed by atoms with E-state index in [2.05, 4.69) is 10.8 Å². The molecule has 0 saturated carbocycles. The third-order valence-corrected chi connectivity index (χ3v) is 3.18. The summed E-state index contributed by atoms with van der Waals surface area (Å²) in [5.74, 6) is -1.75. The fourth-order valence-electron chi connectivity index (χ4n) is 1.45. The lowest BCUT2D eigenvalue weighted by molar-refractivity contribution is -0.255. The zero-order valence-corrected chi connectivity index (χ0v) is 10.7. The van der Waals surface area contributed by atoms with Crippen LogP contribution in [0.2, 0.25) is 0 Å². The zero-order valence-electron chi connectivity index (χ0n) is 9.86. The summed E-state index contributed by atoms with van der Waals surface area (Å²) in [7, 11) is -3.93. The first-order valence-electron chi connectivity index (χ1n) is 5.18. The van der Waals surface area contributed by atoms with E-state index in [1.165, 1.54) is 12.1 Å². The Bertz CT molecular complexity index is 861. The van der Waals surface area contributed by atoms with Crippen molar-refractivity contribution < 1.29 is 26.9 Å². The lowest BCUT2D eigenvalue weighted by Crippen LogP contribution is -2.28. The van der Waals surface area contributed by atoms with Crippen molar-refractivity contribution in [2.24, 2.45) is 0 Å². The van der Waals surface area contributed by atoms with Crippen LogP contribution in [-0.4, -0.2) is 14.4 Å². The van der Waals surface area contributed by atoms with Crippen LogP contribution in [0.15, 0.2) is 45.5 Å². The SMILES string of the molecule is C=CS(=O)(=O)Oc1ccc2cc(C(=O)[O-])c(=O)oc2c1. The average Bonchev–Trinajstić information content (AvgIpc) is 2.37. The van der Waals surface area contributed by atoms with Gasteiger partial charge in [-0.1, -0.05) is 6.58 Å². The fourth-order valence-corrected chi connectivity index (χ4v) is 1.89. The van der Waals surface area contributed by atoms with Crippen molar-refractivity contribution in [1.82, 2.24) is 0 Å². The summed E-state index contributed by atoms with van der Waals surface area (Å²) in [5, 5.41) is 11.6. The molecule has 1 heterocycles. The minimum atomic E-state index is -3.93. The van der Waals surface area contributed by atoms with E-state index < -0.39 is 27.3 Å². The molecular formula is C12H7O7S-. The number of carbonyl (C=O) groups is 1. The van der Waals surface area contributed by atoms with Gasteiger partial charge >= 0.3 is 15.7 Å². The van der Waals surface area contributed by atoms with Crippen molar-refractivity contribution in [1.29, 1.82) is 0 Å². The Morgan fingerprint density at radius 1 is 1.35 bits per heavy atom. The standard InChI is InChI=1S/C12H8O7S/c1-2-20(16,17)19-8-4-3-7-5-9(11(13)14)12(15)18-10(7)6-8/h2-6H,1H2,(H,13,14)/p-1. The van der Waals surface area contributed by atoms with Gasteiger partial charge in [0, 0.05) is 11.5 Å². The van der Waals surface area contributed by atoms with Gasteiger partial charge in [-0.15, -0.1) is 0 Å². The van der Waals surface area contributed by atoms with Crippen LogP contribution in [0.5, 0.6) is 5.75 Å². The van der Waals surface area contributed by atoms with Crippen LogP contribution in [-0.2, 0) is 10.1 Å². The quantitative estimate of drug-likeness (QED) is 0.576. The summed E-state index contributed by atoms with van der Waals surface area (Å²) < 4.78 is 31.8. The van der Waals surface area contributed by atoms with Crippen LogP contribution in [0.4, 0.5) is 0 Å². The zero-order chi connectivity index (χ0) is 14.9. The molecule has 2 aromatic rings. The Kier molecular flexibility index (Phi) is 3.33. The van der Waals surface area contributed by atoms with Crippen molar-refractivity contribution in [3.8, 4) is 5.75 Å². The maximum absolute atomic E-state index is 11.4. The van der Waals surface area contributed by atoms with E-state index in [-0.39, 0.29) is 16.7 Å². The number of carboxylic acid groups (broad SMARTS) is 1. The van der Waals surface area contributed by atoms with Gasteiger partial charge in [0.05, 0.1) is 16.9 Å². The van der Waals surface area contributed by atoms with Gasteiger partial charge in [0.2, 0.25) is 0 Å². The molecule has 0 fully saturated rings. The summed E-state index contributed by atoms with van der Waals surface area (Å²) >= 11 is 0. The molecule has 7 nitrogen and oxygen atoms in total. The summed E-state index contributed by atoms with van der Waals surface area (Å²) in [5.41, 5.74) is -1.73. The molecule has 1 aromatic carbocycles. The highest BCUT2D eigenvalue weighted by Crippen LogP contribution is 2.21. The lowest BCUT2D eigenvalue weighted by Gasteiger charge is -2.05. The number of aromatic carboxylic acids is 1. The lowest BCUT2D eigenvalue weighted by atomic mass is 10.2. The maximum atomic E-state index is 11.4. The van der Waals surface area contributed by atoms with E-state index in [9.17, 15) is 23.1 Å². The molecule has 0 saturated heterocycles. The van der Waals surface area contributed by atoms with E-state index in [4.69, 9.17) is 4.42 Å². The first-order valence-corrected chi connectivity index (χ1v) is 6.66. The highest BCUT2D eigenvalue weighted by atomic mass is 32.2. The Balaban J connectivity index is 2.56. The minimum Gasteiger partial charge on any atom is -0.545 e. The predicted molar refractivity (Wildman–Crippen MR) is 66.6 cm³/mol. The van der Waals surface area contributed by atoms with Crippen molar-refractivity contribution in [3.05, 3.63) is 52.2 Å². The van der Waals surface area contributed by atoms with Crippen LogP contribution in [0.25, 0.3) is 11.0 Å². The van der Waals surface area contributed by atoms with E-state index in [0.29, 0.717) is 5.41 Å². The number of rotatable bonds is 4. The first kappa shape index (κ1) is 13.8. The monoisotopic (exact) mass is 295 g/mol. The van der Waals surface area contributed by atoms with E-state index in [0.717, 1.165) is 12.1 Å². The Labute approximate surface area is 112 Å². The molecule has 0 aliphatic heterocycles. The Hall–Kier alpha value is -2.61. The summed E-state index contributed by atoms with van der Waals surface area (Å²) in [6, 6.07) is 4.85. The molecule has 8 heteroatoms. The Morgan fingerprint density at radius 3 is 2.65 bits per heavy atom. The van der Waals surface area contributed by atoms with Gasteiger partial charge in [0.15, 0.2) is 0 Å². The van der Waals surface area contributed by atoms with Crippen molar-refractivity contribution in [2.75, 3.05) is 0 Å². The molecule has 0 aliphatic carbocycles. The number of benzene rings is 1. The highest BCUT2D eigenvalue weighted by molar-refractivity contribution is 7.90. The molecule has 20 heavy (non-hydrogen) atoms. The molecule has 1 aromatic heterocycles. The number of hydrogen-bond donors (Lipinski definition) is 0. The third kappa shape index (κ3) is 2.69. The first-order chi connectivity index (χ1) is 9.32. The van der Waals surface area contributed by atoms with Gasteiger partial charge in [-0.3, -0.25) is 0 Å². The molecule has 0 spiro atoms. The van der Waals surface area contributed by atoms with Crippen molar-refractivity contribution in [3.63, 3.8) is 0 Å². The molecule has 0 N–H and O–H groups in total. The molecular weight excluding hydrogens is 288 g/mol. The molecule has 0 bridgehead atoms. The molecule has 2 rings (SSSR count). The van der Waals surface area contributed by atoms with Crippen LogP contribution in [0.1, 0.15) is 10.4 Å². The predicted octanol–water partition coefficient (Wildman–Crippen LogP) is 0.00860. The summed E-state index contributed by atoms with van der Waals surface area (Å²) in [6.45, 7) is 3.08. The average molecular weight is 295 g/mol. The van der Waals surface area contributed by atoms with Gasteiger partial charge in [0.25, 0.3) is 0 Å². The molecule has 0 amide bonds. The smallest absolute Gasteiger partial charge is 0.345 e. The Morgan fingerprint density at radius 2 is 2.05 bits per heavy atom. The molecule has 0 atom stereocenters. The van der Waals surface area contributed by atoms with Crippen LogP contribution in [0, 0.1) is 0 Å². The summed E-state index contributed by atoms with van der Waals surface area (Å²) in [6.07, 6.45) is 0. The topological polar surface area (TPSA) is 114 Å². The maximum Gasteiger partial charge on any atom is 0.345 e. The van der Waals surface area contributed by atoms with Gasteiger partial charge in [0.1, 0.15) is 11.3 Å². The van der Waals surface area contributed by atoms with Crippen LogP contribution >= 0.6 is 0 Å². The second-order valence-electron chi connectivity index (χ2n) is 3.68. The molecule has 0 radical (unpaired) electrons. The van der Waals surface area contributed by atoms with E-state index in [1.807, 2.05) is 0 Å². The molecule has 0 aliphatic rings. The van der Waals surface area contributed by atoms with E-state index >= 15 is 0 Å². The van der Waals surface area contributed by atoms with E-state index in [1.54, 1.807) is 0 Å². The number of fused-ring (bicyclic) bond motifs is 1. The van der Waals surface area contributed by atoms with Gasteiger partial charge in [-0.05, 0) is 18.2 Å². The number of carboxylic acids is 1. The number of carbonyl (C=O) groups excluding carboxylic acids is 1. The van der Waals surface area contributed by atoms with Crippen molar-refractivity contribution in [2.45, 2.75) is 0 Å². The van der Waals surface area contributed by atoms with Gasteiger partial charge < -0.3 is 18.5 Å². The minimum absolute atomic E-state index is 0.0169. The third-order valence-electron chi connectivity index (χ3n) is 2.34. The molecule has 0 unspecified atom stereocenters. The number of hydrogen-bond acceptors (Lipinski definition) is 7. The normalized spacial score (nSPS) is 11.2. The highest BCUT2D eigenvalue weighted by Gasteiger charge is 2.10. The fraction of sp³-hybridized carbons (Fsp3) is 0.